The molecule has 2 aromatic heterocycles. The minimum absolute atomic E-state index is 0.0210. The smallest absolute Gasteiger partial charge is 0.217 e. The van der Waals surface area contributed by atoms with E-state index in [2.05, 4.69) is 25.6 Å². The SMILES string of the molecule is CC(=O)NC1CCN(Cc2nc(NN)c3ccsc3n2)C1. The van der Waals surface area contributed by atoms with E-state index in [1.807, 2.05) is 11.4 Å². The molecule has 112 valence electrons. The summed E-state index contributed by atoms with van der Waals surface area (Å²) in [5.74, 6) is 6.97. The van der Waals surface area contributed by atoms with Crippen LogP contribution in [-0.4, -0.2) is 39.9 Å². The average Bonchev–Trinajstić information content (AvgIpc) is 3.06. The van der Waals surface area contributed by atoms with Crippen LogP contribution in [0.25, 0.3) is 10.2 Å². The predicted molar refractivity (Wildman–Crippen MR) is 82.7 cm³/mol. The molecule has 0 aliphatic carbocycles. The number of hydrogen-bond acceptors (Lipinski definition) is 7. The molecule has 4 N–H and O–H groups in total. The minimum Gasteiger partial charge on any atom is -0.352 e. The molecule has 8 heteroatoms. The van der Waals surface area contributed by atoms with Gasteiger partial charge in [0, 0.05) is 26.1 Å². The number of nitrogen functional groups attached to an aromatic ring is 1. The molecule has 1 saturated heterocycles. The Balaban J connectivity index is 1.72. The van der Waals surface area contributed by atoms with Gasteiger partial charge in [-0.25, -0.2) is 15.8 Å². The summed E-state index contributed by atoms with van der Waals surface area (Å²) in [6.07, 6.45) is 0.961. The number of aromatic nitrogens is 2. The number of carbonyl (C=O) groups is 1. The summed E-state index contributed by atoms with van der Waals surface area (Å²) in [7, 11) is 0. The van der Waals surface area contributed by atoms with E-state index in [0.29, 0.717) is 12.4 Å². The van der Waals surface area contributed by atoms with E-state index in [4.69, 9.17) is 5.84 Å². The van der Waals surface area contributed by atoms with Gasteiger partial charge in [-0.2, -0.15) is 0 Å². The van der Waals surface area contributed by atoms with Crippen LogP contribution in [0.5, 0.6) is 0 Å². The molecule has 0 spiro atoms. The number of amides is 1. The standard InChI is InChI=1S/C13H18N6OS/c1-8(20)15-9-2-4-19(6-9)7-11-16-12(18-14)10-3-5-21-13(10)17-11/h3,5,9H,2,4,6-7,14H2,1H3,(H,15,20)(H,16,17,18). The number of nitrogens with one attached hydrogen (secondary N) is 2. The van der Waals surface area contributed by atoms with Crippen molar-refractivity contribution in [2.45, 2.75) is 25.9 Å². The van der Waals surface area contributed by atoms with Crippen LogP contribution in [0.2, 0.25) is 0 Å². The van der Waals surface area contributed by atoms with Crippen molar-refractivity contribution in [2.75, 3.05) is 18.5 Å². The van der Waals surface area contributed by atoms with E-state index in [9.17, 15) is 4.79 Å². The van der Waals surface area contributed by atoms with Crippen molar-refractivity contribution in [3.8, 4) is 0 Å². The van der Waals surface area contributed by atoms with Crippen LogP contribution in [0.15, 0.2) is 11.4 Å². The fourth-order valence-electron chi connectivity index (χ4n) is 2.66. The highest BCUT2D eigenvalue weighted by Crippen LogP contribution is 2.25. The van der Waals surface area contributed by atoms with Gasteiger partial charge in [0.15, 0.2) is 5.82 Å². The van der Waals surface area contributed by atoms with Crippen LogP contribution in [0.3, 0.4) is 0 Å². The van der Waals surface area contributed by atoms with Crippen molar-refractivity contribution in [1.29, 1.82) is 0 Å². The fraction of sp³-hybridized carbons (Fsp3) is 0.462. The van der Waals surface area contributed by atoms with Crippen LogP contribution in [0.4, 0.5) is 5.82 Å². The number of nitrogens with zero attached hydrogens (tertiary/aromatic N) is 3. The molecule has 1 fully saturated rings. The zero-order valence-corrected chi connectivity index (χ0v) is 12.6. The molecule has 1 aliphatic rings. The second kappa shape index (κ2) is 5.92. The number of anilines is 1. The van der Waals surface area contributed by atoms with Gasteiger partial charge in [0.25, 0.3) is 0 Å². The first-order valence-electron chi connectivity index (χ1n) is 6.86. The number of hydrazine groups is 1. The first kappa shape index (κ1) is 14.2. The summed E-state index contributed by atoms with van der Waals surface area (Å²) in [5.41, 5.74) is 2.64. The van der Waals surface area contributed by atoms with E-state index in [1.165, 1.54) is 0 Å². The molecular formula is C13H18N6OS. The van der Waals surface area contributed by atoms with Gasteiger partial charge < -0.3 is 10.7 Å². The highest BCUT2D eigenvalue weighted by Gasteiger charge is 2.24. The third kappa shape index (κ3) is 3.12. The lowest BCUT2D eigenvalue weighted by Crippen LogP contribution is -2.35. The average molecular weight is 306 g/mol. The second-order valence-electron chi connectivity index (χ2n) is 5.19. The highest BCUT2D eigenvalue weighted by atomic mass is 32.1. The maximum atomic E-state index is 11.1. The molecule has 2 aromatic rings. The summed E-state index contributed by atoms with van der Waals surface area (Å²) in [6, 6.07) is 2.18. The highest BCUT2D eigenvalue weighted by molar-refractivity contribution is 7.16. The summed E-state index contributed by atoms with van der Waals surface area (Å²) >= 11 is 1.58. The second-order valence-corrected chi connectivity index (χ2v) is 6.09. The van der Waals surface area contributed by atoms with Gasteiger partial charge in [0.1, 0.15) is 10.7 Å². The Bertz CT molecular complexity index is 657. The van der Waals surface area contributed by atoms with Crippen molar-refractivity contribution in [1.82, 2.24) is 20.2 Å². The lowest BCUT2D eigenvalue weighted by molar-refractivity contribution is -0.119. The van der Waals surface area contributed by atoms with Crippen LogP contribution < -0.4 is 16.6 Å². The van der Waals surface area contributed by atoms with Crippen LogP contribution in [-0.2, 0) is 11.3 Å². The number of rotatable bonds is 4. The van der Waals surface area contributed by atoms with E-state index < -0.39 is 0 Å². The van der Waals surface area contributed by atoms with E-state index in [0.717, 1.165) is 35.6 Å². The van der Waals surface area contributed by atoms with Gasteiger partial charge in [0.2, 0.25) is 5.91 Å². The Morgan fingerprint density at radius 2 is 2.43 bits per heavy atom. The lowest BCUT2D eigenvalue weighted by Gasteiger charge is -2.15. The normalized spacial score (nSPS) is 19.0. The Labute approximate surface area is 126 Å². The fourth-order valence-corrected chi connectivity index (χ4v) is 3.44. The Hall–Kier alpha value is -1.77. The molecule has 1 aliphatic heterocycles. The Morgan fingerprint density at radius 1 is 1.57 bits per heavy atom. The van der Waals surface area contributed by atoms with Crippen molar-refractivity contribution in [2.24, 2.45) is 5.84 Å². The van der Waals surface area contributed by atoms with Gasteiger partial charge in [-0.15, -0.1) is 11.3 Å². The quantitative estimate of drug-likeness (QED) is 0.568. The third-order valence-corrected chi connectivity index (χ3v) is 4.36. The first-order valence-corrected chi connectivity index (χ1v) is 7.74. The zero-order valence-electron chi connectivity index (χ0n) is 11.8. The van der Waals surface area contributed by atoms with Crippen molar-refractivity contribution < 1.29 is 4.79 Å². The Kier molecular flexibility index (Phi) is 4.00. The molecule has 0 radical (unpaired) electrons. The van der Waals surface area contributed by atoms with Gasteiger partial charge in [-0.05, 0) is 17.9 Å². The van der Waals surface area contributed by atoms with Gasteiger partial charge in [-0.3, -0.25) is 9.69 Å². The maximum Gasteiger partial charge on any atom is 0.217 e. The topological polar surface area (TPSA) is 96.2 Å². The predicted octanol–water partition coefficient (Wildman–Crippen LogP) is 0.687. The third-order valence-electron chi connectivity index (χ3n) is 3.55. The summed E-state index contributed by atoms with van der Waals surface area (Å²) < 4.78 is 0. The molecular weight excluding hydrogens is 288 g/mol. The van der Waals surface area contributed by atoms with Crippen molar-refractivity contribution in [3.63, 3.8) is 0 Å². The van der Waals surface area contributed by atoms with Gasteiger partial charge in [0.05, 0.1) is 11.9 Å². The first-order chi connectivity index (χ1) is 10.2. The number of nitrogens with two attached hydrogens (primary N) is 1. The monoisotopic (exact) mass is 306 g/mol. The van der Waals surface area contributed by atoms with E-state index >= 15 is 0 Å². The van der Waals surface area contributed by atoms with E-state index in [-0.39, 0.29) is 11.9 Å². The number of thiophene rings is 1. The van der Waals surface area contributed by atoms with E-state index in [1.54, 1.807) is 18.3 Å². The molecule has 1 atom stereocenters. The largest absolute Gasteiger partial charge is 0.352 e. The van der Waals surface area contributed by atoms with Gasteiger partial charge in [-0.1, -0.05) is 0 Å². The lowest BCUT2D eigenvalue weighted by atomic mass is 10.3. The molecule has 0 aromatic carbocycles. The summed E-state index contributed by atoms with van der Waals surface area (Å²) in [5, 5.41) is 5.88. The van der Waals surface area contributed by atoms with Gasteiger partial charge >= 0.3 is 0 Å². The molecule has 7 nitrogen and oxygen atoms in total. The maximum absolute atomic E-state index is 11.1. The zero-order chi connectivity index (χ0) is 14.8. The molecule has 3 heterocycles. The number of likely N-dealkylation sites (tertiary alicyclic amines) is 1. The summed E-state index contributed by atoms with van der Waals surface area (Å²) in [6.45, 7) is 3.98. The number of carbonyl (C=O) groups excluding carboxylic acids is 1. The molecule has 1 unspecified atom stereocenters. The molecule has 1 amide bonds. The molecule has 21 heavy (non-hydrogen) atoms. The van der Waals surface area contributed by atoms with Crippen molar-refractivity contribution in [3.05, 3.63) is 17.3 Å². The number of hydrogen-bond donors (Lipinski definition) is 3. The minimum atomic E-state index is 0.0210. The number of fused-ring (bicyclic) bond motifs is 1. The Morgan fingerprint density at radius 3 is 3.19 bits per heavy atom. The molecule has 0 saturated carbocycles. The van der Waals surface area contributed by atoms with Crippen molar-refractivity contribution >= 4 is 33.3 Å². The van der Waals surface area contributed by atoms with Crippen LogP contribution in [0, 0.1) is 0 Å². The molecule has 0 bridgehead atoms. The van der Waals surface area contributed by atoms with Crippen LogP contribution in [0.1, 0.15) is 19.2 Å². The molecule has 3 rings (SSSR count). The van der Waals surface area contributed by atoms with Crippen LogP contribution >= 0.6 is 11.3 Å². The summed E-state index contributed by atoms with van der Waals surface area (Å²) in [4.78, 5) is 23.3.